The minimum Gasteiger partial charge on any atom is -0.493 e. The van der Waals surface area contributed by atoms with E-state index in [1.807, 2.05) is 6.07 Å². The average molecular weight is 370 g/mol. The van der Waals surface area contributed by atoms with Crippen LogP contribution in [0.3, 0.4) is 0 Å². The third-order valence-electron chi connectivity index (χ3n) is 6.34. The Morgan fingerprint density at radius 1 is 1.44 bits per heavy atom. The van der Waals surface area contributed by atoms with Crippen molar-refractivity contribution in [3.63, 3.8) is 0 Å². The molecule has 0 radical (unpaired) electrons. The van der Waals surface area contributed by atoms with E-state index in [0.29, 0.717) is 0 Å². The highest BCUT2D eigenvalue weighted by Crippen LogP contribution is 2.56. The normalized spacial score (nSPS) is 28.7. The SMILES string of the molecule is CCCCNC(=O)[C@H]1C=C[C@@]23CCN(C)Cc4ccc(OC)c(c42)OC3C1. The van der Waals surface area contributed by atoms with Crippen LogP contribution in [0.25, 0.3) is 0 Å². The van der Waals surface area contributed by atoms with Crippen molar-refractivity contribution in [1.29, 1.82) is 0 Å². The number of hydrogen-bond donors (Lipinski definition) is 1. The van der Waals surface area contributed by atoms with E-state index in [1.165, 1.54) is 11.1 Å². The number of amides is 1. The first-order valence-corrected chi connectivity index (χ1v) is 10.1. The number of carbonyl (C=O) groups is 1. The molecule has 5 heteroatoms. The molecule has 1 N–H and O–H groups in total. The topological polar surface area (TPSA) is 50.8 Å². The van der Waals surface area contributed by atoms with Gasteiger partial charge in [0.25, 0.3) is 0 Å². The Balaban J connectivity index is 1.67. The number of nitrogens with zero attached hydrogens (tertiary/aromatic N) is 1. The molecule has 1 amide bonds. The summed E-state index contributed by atoms with van der Waals surface area (Å²) < 4.78 is 12.1. The third kappa shape index (κ3) is 3.02. The van der Waals surface area contributed by atoms with Crippen LogP contribution in [-0.2, 0) is 16.8 Å². The minimum absolute atomic E-state index is 0.0130. The highest BCUT2D eigenvalue weighted by molar-refractivity contribution is 5.81. The number of carbonyl (C=O) groups excluding carboxylic acids is 1. The summed E-state index contributed by atoms with van der Waals surface area (Å²) in [5.74, 6) is 1.67. The van der Waals surface area contributed by atoms with Crippen molar-refractivity contribution >= 4 is 5.91 Å². The molecule has 1 aromatic rings. The van der Waals surface area contributed by atoms with E-state index in [9.17, 15) is 4.79 Å². The van der Waals surface area contributed by atoms with Crippen molar-refractivity contribution in [2.45, 2.75) is 50.7 Å². The van der Waals surface area contributed by atoms with Gasteiger partial charge in [0.2, 0.25) is 5.91 Å². The Bertz CT molecular complexity index is 760. The molecule has 1 aromatic carbocycles. The zero-order chi connectivity index (χ0) is 19.0. The van der Waals surface area contributed by atoms with Crippen LogP contribution in [0.15, 0.2) is 24.3 Å². The fourth-order valence-corrected chi connectivity index (χ4v) is 4.81. The maximum Gasteiger partial charge on any atom is 0.227 e. The van der Waals surface area contributed by atoms with Gasteiger partial charge >= 0.3 is 0 Å². The van der Waals surface area contributed by atoms with Gasteiger partial charge in [0.15, 0.2) is 11.5 Å². The number of hydrogen-bond acceptors (Lipinski definition) is 4. The molecule has 3 aliphatic rings. The zero-order valence-corrected chi connectivity index (χ0v) is 16.6. The highest BCUT2D eigenvalue weighted by Gasteiger charge is 2.53. The summed E-state index contributed by atoms with van der Waals surface area (Å²) in [7, 11) is 3.86. The maximum absolute atomic E-state index is 12.6. The van der Waals surface area contributed by atoms with Crippen molar-refractivity contribution < 1.29 is 14.3 Å². The molecule has 0 fully saturated rings. The van der Waals surface area contributed by atoms with E-state index in [2.05, 4.69) is 42.4 Å². The summed E-state index contributed by atoms with van der Waals surface area (Å²) in [4.78, 5) is 15.0. The van der Waals surface area contributed by atoms with E-state index in [-0.39, 0.29) is 23.3 Å². The van der Waals surface area contributed by atoms with Gasteiger partial charge in [-0.2, -0.15) is 0 Å². The number of ether oxygens (including phenoxy) is 2. The van der Waals surface area contributed by atoms with Gasteiger partial charge in [-0.05, 0) is 38.1 Å². The first-order valence-electron chi connectivity index (χ1n) is 10.1. The first-order chi connectivity index (χ1) is 13.1. The predicted molar refractivity (Wildman–Crippen MR) is 105 cm³/mol. The van der Waals surface area contributed by atoms with Gasteiger partial charge in [0, 0.05) is 25.1 Å². The van der Waals surface area contributed by atoms with Gasteiger partial charge < -0.3 is 19.7 Å². The van der Waals surface area contributed by atoms with Crippen molar-refractivity contribution in [1.82, 2.24) is 10.2 Å². The Labute approximate surface area is 161 Å². The molecule has 4 rings (SSSR count). The number of nitrogens with one attached hydrogen (secondary N) is 1. The highest BCUT2D eigenvalue weighted by atomic mass is 16.5. The van der Waals surface area contributed by atoms with Gasteiger partial charge in [0.05, 0.1) is 18.4 Å². The molecule has 5 nitrogen and oxygen atoms in total. The summed E-state index contributed by atoms with van der Waals surface area (Å²) >= 11 is 0. The molecule has 3 atom stereocenters. The van der Waals surface area contributed by atoms with E-state index in [4.69, 9.17) is 9.47 Å². The monoisotopic (exact) mass is 370 g/mol. The van der Waals surface area contributed by atoms with E-state index in [0.717, 1.165) is 56.8 Å². The maximum atomic E-state index is 12.6. The van der Waals surface area contributed by atoms with E-state index in [1.54, 1.807) is 7.11 Å². The molecule has 0 bridgehead atoms. The standard InChI is InChI=1S/C22H30N2O3/c1-4-5-11-23-21(25)15-8-9-22-10-12-24(2)14-16-6-7-17(26-3)20(19(16)22)27-18(22)13-15/h6-9,15,18H,4-5,10-14H2,1-3H3,(H,23,25)/t15-,18?,22-/m0/s1. The lowest BCUT2D eigenvalue weighted by molar-refractivity contribution is -0.124. The molecule has 0 saturated heterocycles. The summed E-state index contributed by atoms with van der Waals surface area (Å²) in [6, 6.07) is 4.18. The van der Waals surface area contributed by atoms with Crippen LogP contribution >= 0.6 is 0 Å². The van der Waals surface area contributed by atoms with Crippen LogP contribution < -0.4 is 14.8 Å². The Morgan fingerprint density at radius 3 is 3.07 bits per heavy atom. The molecule has 0 saturated carbocycles. The van der Waals surface area contributed by atoms with Crippen molar-refractivity contribution in [3.8, 4) is 11.5 Å². The molecule has 1 aliphatic carbocycles. The second-order valence-electron chi connectivity index (χ2n) is 8.11. The second kappa shape index (κ2) is 7.19. The molecule has 0 aromatic heterocycles. The van der Waals surface area contributed by atoms with Crippen LogP contribution in [0.2, 0.25) is 0 Å². The fourth-order valence-electron chi connectivity index (χ4n) is 4.81. The molecule has 146 valence electrons. The Kier molecular flexibility index (Phi) is 4.89. The molecule has 1 unspecified atom stereocenters. The number of rotatable bonds is 5. The number of unbranched alkanes of at least 4 members (excludes halogenated alkanes) is 1. The number of benzene rings is 1. The van der Waals surface area contributed by atoms with Gasteiger partial charge in [-0.1, -0.05) is 31.6 Å². The lowest BCUT2D eigenvalue weighted by atomic mass is 9.67. The predicted octanol–water partition coefficient (Wildman–Crippen LogP) is 3.02. The van der Waals surface area contributed by atoms with Crippen molar-refractivity contribution in [3.05, 3.63) is 35.4 Å². The van der Waals surface area contributed by atoms with E-state index < -0.39 is 0 Å². The van der Waals surface area contributed by atoms with Crippen molar-refractivity contribution in [2.75, 3.05) is 27.2 Å². The summed E-state index contributed by atoms with van der Waals surface area (Å²) in [6.45, 7) is 4.81. The lowest BCUT2D eigenvalue weighted by Gasteiger charge is -2.36. The number of methoxy groups -OCH3 is 1. The van der Waals surface area contributed by atoms with Crippen molar-refractivity contribution in [2.24, 2.45) is 5.92 Å². The molecular weight excluding hydrogens is 340 g/mol. The second-order valence-corrected chi connectivity index (χ2v) is 8.11. The Morgan fingerprint density at radius 2 is 2.30 bits per heavy atom. The zero-order valence-electron chi connectivity index (χ0n) is 16.6. The Hall–Kier alpha value is -2.01. The van der Waals surface area contributed by atoms with Crippen LogP contribution in [-0.4, -0.2) is 44.2 Å². The first kappa shape index (κ1) is 18.4. The van der Waals surface area contributed by atoms with Gasteiger partial charge in [-0.3, -0.25) is 4.79 Å². The minimum atomic E-state index is -0.149. The molecule has 2 heterocycles. The van der Waals surface area contributed by atoms with E-state index >= 15 is 0 Å². The summed E-state index contributed by atoms with van der Waals surface area (Å²) in [5.41, 5.74) is 2.44. The fraction of sp³-hybridized carbons (Fsp3) is 0.591. The van der Waals surface area contributed by atoms with Gasteiger partial charge in [0.1, 0.15) is 6.10 Å². The van der Waals surface area contributed by atoms with Gasteiger partial charge in [-0.15, -0.1) is 0 Å². The quantitative estimate of drug-likeness (QED) is 0.639. The summed E-state index contributed by atoms with van der Waals surface area (Å²) in [5, 5.41) is 3.07. The molecule has 2 aliphatic heterocycles. The smallest absolute Gasteiger partial charge is 0.227 e. The van der Waals surface area contributed by atoms with Gasteiger partial charge in [-0.25, -0.2) is 0 Å². The van der Waals surface area contributed by atoms with Crippen LogP contribution in [0.5, 0.6) is 11.5 Å². The third-order valence-corrected chi connectivity index (χ3v) is 6.34. The summed E-state index contributed by atoms with van der Waals surface area (Å²) in [6.07, 6.45) is 8.19. The van der Waals surface area contributed by atoms with Crippen LogP contribution in [0, 0.1) is 5.92 Å². The van der Waals surface area contributed by atoms with Crippen LogP contribution in [0.4, 0.5) is 0 Å². The molecule has 27 heavy (non-hydrogen) atoms. The largest absolute Gasteiger partial charge is 0.493 e. The lowest BCUT2D eigenvalue weighted by Crippen LogP contribution is -2.44. The van der Waals surface area contributed by atoms with Crippen LogP contribution in [0.1, 0.15) is 43.7 Å². The average Bonchev–Trinajstić information content (AvgIpc) is 2.94. The molecule has 1 spiro atoms. The molecular formula is C22H30N2O3.